The van der Waals surface area contributed by atoms with Crippen molar-refractivity contribution in [3.05, 3.63) is 70.3 Å². The van der Waals surface area contributed by atoms with Crippen LogP contribution in [-0.4, -0.2) is 16.8 Å². The predicted molar refractivity (Wildman–Crippen MR) is 85.1 cm³/mol. The Bertz CT molecular complexity index is 791. The molecule has 2 atom stereocenters. The third kappa shape index (κ3) is 3.24. The number of nitro groups is 1. The zero-order valence-corrected chi connectivity index (χ0v) is 12.5. The van der Waals surface area contributed by atoms with Gasteiger partial charge in [0.15, 0.2) is 0 Å². The van der Waals surface area contributed by atoms with Gasteiger partial charge in [-0.1, -0.05) is 36.4 Å². The topological polar surface area (TPSA) is 98.5 Å². The predicted octanol–water partition coefficient (Wildman–Crippen LogP) is 2.84. The third-order valence-corrected chi connectivity index (χ3v) is 3.80. The highest BCUT2D eigenvalue weighted by molar-refractivity contribution is 5.96. The van der Waals surface area contributed by atoms with Gasteiger partial charge in [-0.2, -0.15) is 0 Å². The summed E-state index contributed by atoms with van der Waals surface area (Å²) < 4.78 is 5.27. The number of amides is 1. The van der Waals surface area contributed by atoms with E-state index in [9.17, 15) is 19.7 Å². The standard InChI is InChI=1S/C17H14N2O5/c20-15-10-14(16(24-15)11-5-2-1-3-6-11)17(21)18-12-7-4-8-13(9-12)19(22)23/h1-9,14,16H,10H2,(H,18,21)/t14-,16+/m1/s1. The third-order valence-electron chi connectivity index (χ3n) is 3.80. The summed E-state index contributed by atoms with van der Waals surface area (Å²) in [5.74, 6) is -1.53. The Morgan fingerprint density at radius 2 is 1.92 bits per heavy atom. The van der Waals surface area contributed by atoms with Gasteiger partial charge in [-0.3, -0.25) is 19.7 Å². The zero-order chi connectivity index (χ0) is 17.1. The molecule has 122 valence electrons. The number of carbonyl (C=O) groups is 2. The minimum Gasteiger partial charge on any atom is -0.457 e. The Morgan fingerprint density at radius 1 is 1.17 bits per heavy atom. The lowest BCUT2D eigenvalue weighted by Crippen LogP contribution is -2.25. The molecule has 0 radical (unpaired) electrons. The van der Waals surface area contributed by atoms with Gasteiger partial charge in [0.2, 0.25) is 5.91 Å². The number of esters is 1. The summed E-state index contributed by atoms with van der Waals surface area (Å²) >= 11 is 0. The van der Waals surface area contributed by atoms with E-state index in [0.717, 1.165) is 5.56 Å². The summed E-state index contributed by atoms with van der Waals surface area (Å²) in [7, 11) is 0. The molecular weight excluding hydrogens is 312 g/mol. The van der Waals surface area contributed by atoms with Gasteiger partial charge in [-0.15, -0.1) is 0 Å². The van der Waals surface area contributed by atoms with Crippen molar-refractivity contribution in [2.75, 3.05) is 5.32 Å². The van der Waals surface area contributed by atoms with Crippen LogP contribution < -0.4 is 5.32 Å². The number of carbonyl (C=O) groups excluding carboxylic acids is 2. The van der Waals surface area contributed by atoms with Crippen molar-refractivity contribution in [3.8, 4) is 0 Å². The molecule has 2 aromatic carbocycles. The number of anilines is 1. The second kappa shape index (κ2) is 6.49. The number of benzene rings is 2. The summed E-state index contributed by atoms with van der Waals surface area (Å²) in [5.41, 5.74) is 0.925. The number of cyclic esters (lactones) is 1. The van der Waals surface area contributed by atoms with Crippen molar-refractivity contribution in [2.45, 2.75) is 12.5 Å². The Hall–Kier alpha value is -3.22. The van der Waals surface area contributed by atoms with E-state index >= 15 is 0 Å². The van der Waals surface area contributed by atoms with Crippen molar-refractivity contribution >= 4 is 23.3 Å². The van der Waals surface area contributed by atoms with Gasteiger partial charge in [0.05, 0.1) is 17.3 Å². The van der Waals surface area contributed by atoms with Crippen molar-refractivity contribution < 1.29 is 19.2 Å². The lowest BCUT2D eigenvalue weighted by atomic mass is 9.94. The Kier molecular flexibility index (Phi) is 4.24. The van der Waals surface area contributed by atoms with Crippen LogP contribution in [0.5, 0.6) is 0 Å². The van der Waals surface area contributed by atoms with Crippen LogP contribution in [0.4, 0.5) is 11.4 Å². The first kappa shape index (κ1) is 15.7. The summed E-state index contributed by atoms with van der Waals surface area (Å²) in [6.45, 7) is 0. The quantitative estimate of drug-likeness (QED) is 0.529. The summed E-state index contributed by atoms with van der Waals surface area (Å²) in [4.78, 5) is 34.4. The molecule has 1 aliphatic heterocycles. The number of rotatable bonds is 4. The van der Waals surface area contributed by atoms with Gasteiger partial charge in [0, 0.05) is 17.8 Å². The fraction of sp³-hybridized carbons (Fsp3) is 0.176. The van der Waals surface area contributed by atoms with Gasteiger partial charge >= 0.3 is 5.97 Å². The van der Waals surface area contributed by atoms with Crippen LogP contribution in [0, 0.1) is 16.0 Å². The Labute approximate surface area is 137 Å². The SMILES string of the molecule is O=C1C[C@@H](C(=O)Nc2cccc([N+](=O)[O-])c2)[C@H](c2ccccc2)O1. The molecule has 0 spiro atoms. The molecule has 1 amide bonds. The second-order valence-electron chi connectivity index (χ2n) is 5.43. The highest BCUT2D eigenvalue weighted by Crippen LogP contribution is 2.36. The van der Waals surface area contributed by atoms with Crippen LogP contribution in [0.3, 0.4) is 0 Å². The van der Waals surface area contributed by atoms with Crippen LogP contribution in [-0.2, 0) is 14.3 Å². The van der Waals surface area contributed by atoms with Crippen molar-refractivity contribution in [1.82, 2.24) is 0 Å². The maximum atomic E-state index is 12.5. The van der Waals surface area contributed by atoms with Crippen molar-refractivity contribution in [1.29, 1.82) is 0 Å². The number of hydrogen-bond donors (Lipinski definition) is 1. The van der Waals surface area contributed by atoms with Gasteiger partial charge < -0.3 is 10.1 Å². The largest absolute Gasteiger partial charge is 0.457 e. The second-order valence-corrected chi connectivity index (χ2v) is 5.43. The highest BCUT2D eigenvalue weighted by atomic mass is 16.6. The summed E-state index contributed by atoms with van der Waals surface area (Å²) in [5, 5.41) is 13.4. The van der Waals surface area contributed by atoms with Crippen LogP contribution in [0.15, 0.2) is 54.6 Å². The lowest BCUT2D eigenvalue weighted by molar-refractivity contribution is -0.384. The summed E-state index contributed by atoms with van der Waals surface area (Å²) in [6.07, 6.45) is -0.683. The minimum atomic E-state index is -0.681. The maximum Gasteiger partial charge on any atom is 0.307 e. The van der Waals surface area contributed by atoms with E-state index in [1.165, 1.54) is 18.2 Å². The van der Waals surface area contributed by atoms with Gasteiger partial charge in [0.1, 0.15) is 6.10 Å². The Morgan fingerprint density at radius 3 is 2.62 bits per heavy atom. The molecule has 1 heterocycles. The number of non-ortho nitro benzene ring substituents is 1. The maximum absolute atomic E-state index is 12.5. The smallest absolute Gasteiger partial charge is 0.307 e. The van der Waals surface area contributed by atoms with Crippen LogP contribution in [0.2, 0.25) is 0 Å². The van der Waals surface area contributed by atoms with Crippen LogP contribution in [0.25, 0.3) is 0 Å². The first-order valence-corrected chi connectivity index (χ1v) is 7.34. The van der Waals surface area contributed by atoms with Gasteiger partial charge in [-0.25, -0.2) is 0 Å². The van der Waals surface area contributed by atoms with E-state index in [1.54, 1.807) is 30.3 Å². The molecule has 1 aliphatic rings. The first-order chi connectivity index (χ1) is 11.5. The molecule has 3 rings (SSSR count). The van der Waals surface area contributed by atoms with E-state index in [4.69, 9.17) is 4.74 Å². The molecule has 1 fully saturated rings. The molecule has 24 heavy (non-hydrogen) atoms. The normalized spacial score (nSPS) is 19.6. The van der Waals surface area contributed by atoms with E-state index < -0.39 is 28.8 Å². The molecule has 1 saturated heterocycles. The fourth-order valence-corrected chi connectivity index (χ4v) is 2.66. The monoisotopic (exact) mass is 326 g/mol. The molecule has 0 bridgehead atoms. The average Bonchev–Trinajstić information content (AvgIpc) is 2.98. The number of hydrogen-bond acceptors (Lipinski definition) is 5. The molecule has 0 aromatic heterocycles. The zero-order valence-electron chi connectivity index (χ0n) is 12.5. The molecule has 7 nitrogen and oxygen atoms in total. The lowest BCUT2D eigenvalue weighted by Gasteiger charge is -2.17. The van der Waals surface area contributed by atoms with Crippen molar-refractivity contribution in [2.24, 2.45) is 5.92 Å². The number of ether oxygens (including phenoxy) is 1. The van der Waals surface area contributed by atoms with Crippen LogP contribution in [0.1, 0.15) is 18.1 Å². The number of nitro benzene ring substituents is 1. The first-order valence-electron chi connectivity index (χ1n) is 7.34. The molecule has 1 N–H and O–H groups in total. The Balaban J connectivity index is 1.79. The van der Waals surface area contributed by atoms with E-state index in [2.05, 4.69) is 5.32 Å². The van der Waals surface area contributed by atoms with E-state index in [1.807, 2.05) is 6.07 Å². The van der Waals surface area contributed by atoms with Gasteiger partial charge in [-0.05, 0) is 11.6 Å². The summed E-state index contributed by atoms with van der Waals surface area (Å²) in [6, 6.07) is 14.7. The number of nitrogens with zero attached hydrogens (tertiary/aromatic N) is 1. The fourth-order valence-electron chi connectivity index (χ4n) is 2.66. The molecule has 0 unspecified atom stereocenters. The highest BCUT2D eigenvalue weighted by Gasteiger charge is 2.40. The average molecular weight is 326 g/mol. The van der Waals surface area contributed by atoms with Crippen molar-refractivity contribution in [3.63, 3.8) is 0 Å². The molecular formula is C17H14N2O5. The molecule has 7 heteroatoms. The van der Waals surface area contributed by atoms with E-state index in [0.29, 0.717) is 5.69 Å². The minimum absolute atomic E-state index is 0.0275. The molecule has 2 aromatic rings. The molecule has 0 saturated carbocycles. The van der Waals surface area contributed by atoms with Crippen LogP contribution >= 0.6 is 0 Å². The van der Waals surface area contributed by atoms with Gasteiger partial charge in [0.25, 0.3) is 5.69 Å². The molecule has 0 aliphatic carbocycles. The number of nitrogens with one attached hydrogen (secondary N) is 1. The van der Waals surface area contributed by atoms with E-state index in [-0.39, 0.29) is 12.1 Å².